The Bertz CT molecular complexity index is 266. The lowest BCUT2D eigenvalue weighted by Crippen LogP contribution is -2.44. The summed E-state index contributed by atoms with van der Waals surface area (Å²) in [7, 11) is 0. The molecule has 1 N–H and O–H groups in total. The van der Waals surface area contributed by atoms with E-state index in [4.69, 9.17) is 11.5 Å². The highest BCUT2D eigenvalue weighted by Gasteiger charge is 2.27. The highest BCUT2D eigenvalue weighted by molar-refractivity contribution is 5.76. The summed E-state index contributed by atoms with van der Waals surface area (Å²) in [5.41, 5.74) is 0. The number of aliphatic hydroxyl groups excluding tert-OH is 1. The molecule has 0 spiro atoms. The largest absolute Gasteiger partial charge is 0.396 e. The maximum atomic E-state index is 12.0. The van der Waals surface area contributed by atoms with Gasteiger partial charge in [-0.2, -0.15) is 0 Å². The van der Waals surface area contributed by atoms with Gasteiger partial charge in [0.1, 0.15) is 0 Å². The molecule has 96 valence electrons. The normalized spacial score (nSPS) is 15.1. The molecule has 0 bridgehead atoms. The number of amides is 1. The molecular formula is C14H23NO2. The van der Waals surface area contributed by atoms with Gasteiger partial charge in [-0.1, -0.05) is 0 Å². The summed E-state index contributed by atoms with van der Waals surface area (Å²) in [6.07, 6.45) is 12.5. The van der Waals surface area contributed by atoms with Gasteiger partial charge in [0.25, 0.3) is 0 Å². The Morgan fingerprint density at radius 3 is 2.65 bits per heavy atom. The van der Waals surface area contributed by atoms with E-state index in [9.17, 15) is 4.79 Å². The Morgan fingerprint density at radius 1 is 1.35 bits per heavy atom. The number of unbranched alkanes of at least 4 members (excludes halogenated alkanes) is 2. The van der Waals surface area contributed by atoms with Crippen LogP contribution in [0.1, 0.15) is 51.4 Å². The van der Waals surface area contributed by atoms with Gasteiger partial charge in [0.2, 0.25) is 5.91 Å². The summed E-state index contributed by atoms with van der Waals surface area (Å²) in [5.74, 6) is 2.83. The lowest BCUT2D eigenvalue weighted by Gasteiger charge is -2.37. The number of terminal acetylenes is 1. The highest BCUT2D eigenvalue weighted by Crippen LogP contribution is 2.25. The van der Waals surface area contributed by atoms with Gasteiger partial charge in [0.15, 0.2) is 0 Å². The van der Waals surface area contributed by atoms with Crippen molar-refractivity contribution in [3.05, 3.63) is 0 Å². The molecule has 0 aromatic rings. The number of hydrogen-bond acceptors (Lipinski definition) is 2. The topological polar surface area (TPSA) is 40.5 Å². The Kier molecular flexibility index (Phi) is 6.73. The molecule has 0 aromatic carbocycles. The van der Waals surface area contributed by atoms with E-state index in [1.165, 1.54) is 6.42 Å². The van der Waals surface area contributed by atoms with Crippen molar-refractivity contribution in [3.8, 4) is 12.3 Å². The van der Waals surface area contributed by atoms with Crippen LogP contribution < -0.4 is 0 Å². The first kappa shape index (κ1) is 14.1. The Hall–Kier alpha value is -1.01. The highest BCUT2D eigenvalue weighted by atomic mass is 16.3. The maximum Gasteiger partial charge on any atom is 0.222 e. The van der Waals surface area contributed by atoms with Gasteiger partial charge in [-0.3, -0.25) is 4.79 Å². The van der Waals surface area contributed by atoms with Gasteiger partial charge in [-0.25, -0.2) is 0 Å². The van der Waals surface area contributed by atoms with Crippen LogP contribution in [0.4, 0.5) is 0 Å². The molecule has 3 nitrogen and oxygen atoms in total. The molecule has 0 aromatic heterocycles. The first-order chi connectivity index (χ1) is 8.29. The number of aliphatic hydroxyl groups is 1. The Morgan fingerprint density at radius 2 is 2.12 bits per heavy atom. The molecule has 1 saturated carbocycles. The van der Waals surface area contributed by atoms with Crippen molar-refractivity contribution in [2.75, 3.05) is 13.2 Å². The van der Waals surface area contributed by atoms with E-state index in [2.05, 4.69) is 5.92 Å². The van der Waals surface area contributed by atoms with Crippen molar-refractivity contribution in [3.63, 3.8) is 0 Å². The van der Waals surface area contributed by atoms with Crippen LogP contribution >= 0.6 is 0 Å². The standard InChI is InChI=1S/C14H23NO2/c1-2-3-4-5-10-14(17)15(11-7-12-16)13-8-6-9-13/h1,13,16H,3-12H2. The molecule has 1 aliphatic rings. The summed E-state index contributed by atoms with van der Waals surface area (Å²) in [6, 6.07) is 0.432. The molecule has 0 unspecified atom stereocenters. The zero-order valence-corrected chi connectivity index (χ0v) is 10.5. The van der Waals surface area contributed by atoms with E-state index < -0.39 is 0 Å². The smallest absolute Gasteiger partial charge is 0.222 e. The number of rotatable bonds is 8. The van der Waals surface area contributed by atoms with Crippen molar-refractivity contribution in [1.29, 1.82) is 0 Å². The average molecular weight is 237 g/mol. The van der Waals surface area contributed by atoms with Gasteiger partial charge in [0, 0.05) is 32.0 Å². The first-order valence-electron chi connectivity index (χ1n) is 6.63. The minimum atomic E-state index is 0.160. The van der Waals surface area contributed by atoms with Gasteiger partial charge in [-0.15, -0.1) is 12.3 Å². The number of carbonyl (C=O) groups excluding carboxylic acids is 1. The van der Waals surface area contributed by atoms with Crippen LogP contribution in [-0.4, -0.2) is 35.1 Å². The summed E-state index contributed by atoms with van der Waals surface area (Å²) < 4.78 is 0. The third-order valence-corrected chi connectivity index (χ3v) is 3.35. The molecule has 1 amide bonds. The van der Waals surface area contributed by atoms with Crippen molar-refractivity contribution >= 4 is 5.91 Å². The van der Waals surface area contributed by atoms with E-state index in [1.807, 2.05) is 4.90 Å². The maximum absolute atomic E-state index is 12.0. The van der Waals surface area contributed by atoms with Gasteiger partial charge in [0.05, 0.1) is 0 Å². The molecule has 0 heterocycles. The monoisotopic (exact) mass is 237 g/mol. The molecule has 0 radical (unpaired) electrons. The quantitative estimate of drug-likeness (QED) is 0.518. The lowest BCUT2D eigenvalue weighted by atomic mass is 9.91. The zero-order valence-electron chi connectivity index (χ0n) is 10.5. The van der Waals surface area contributed by atoms with Crippen molar-refractivity contribution in [2.45, 2.75) is 57.4 Å². The van der Waals surface area contributed by atoms with E-state index >= 15 is 0 Å². The Labute approximate surface area is 104 Å². The molecule has 1 rings (SSSR count). The van der Waals surface area contributed by atoms with Gasteiger partial charge < -0.3 is 10.0 Å². The lowest BCUT2D eigenvalue weighted by molar-refractivity contribution is -0.135. The third kappa shape index (κ3) is 4.79. The van der Waals surface area contributed by atoms with Crippen LogP contribution in [0, 0.1) is 12.3 Å². The Balaban J connectivity index is 2.29. The summed E-state index contributed by atoms with van der Waals surface area (Å²) >= 11 is 0. The molecule has 1 fully saturated rings. The van der Waals surface area contributed by atoms with E-state index in [0.29, 0.717) is 25.4 Å². The van der Waals surface area contributed by atoms with Gasteiger partial charge in [-0.05, 0) is 38.5 Å². The first-order valence-corrected chi connectivity index (χ1v) is 6.63. The molecule has 0 aliphatic heterocycles. The zero-order chi connectivity index (χ0) is 12.5. The summed E-state index contributed by atoms with van der Waals surface area (Å²) in [6.45, 7) is 0.864. The third-order valence-electron chi connectivity index (χ3n) is 3.35. The fourth-order valence-electron chi connectivity index (χ4n) is 2.10. The van der Waals surface area contributed by atoms with E-state index in [0.717, 1.165) is 32.1 Å². The number of hydrogen-bond donors (Lipinski definition) is 1. The SMILES string of the molecule is C#CCCCCC(=O)N(CCCO)C1CCC1. The predicted octanol–water partition coefficient (Wildman–Crippen LogP) is 1.94. The van der Waals surface area contributed by atoms with Crippen LogP contribution in [0.5, 0.6) is 0 Å². The minimum Gasteiger partial charge on any atom is -0.396 e. The van der Waals surface area contributed by atoms with Gasteiger partial charge >= 0.3 is 0 Å². The molecule has 3 heteroatoms. The second kappa shape index (κ2) is 8.14. The summed E-state index contributed by atoms with van der Waals surface area (Å²) in [5, 5.41) is 8.86. The number of carbonyl (C=O) groups is 1. The van der Waals surface area contributed by atoms with E-state index in [-0.39, 0.29) is 12.5 Å². The second-order valence-corrected chi connectivity index (χ2v) is 4.66. The molecule has 0 saturated heterocycles. The second-order valence-electron chi connectivity index (χ2n) is 4.66. The van der Waals surface area contributed by atoms with Crippen LogP contribution in [0.3, 0.4) is 0 Å². The van der Waals surface area contributed by atoms with Crippen LogP contribution in [-0.2, 0) is 4.79 Å². The van der Waals surface area contributed by atoms with Crippen molar-refractivity contribution in [1.82, 2.24) is 4.90 Å². The van der Waals surface area contributed by atoms with Crippen molar-refractivity contribution < 1.29 is 9.90 Å². The minimum absolute atomic E-state index is 0.160. The molecule has 0 atom stereocenters. The van der Waals surface area contributed by atoms with Crippen LogP contribution in [0.15, 0.2) is 0 Å². The fourth-order valence-corrected chi connectivity index (χ4v) is 2.10. The molecular weight excluding hydrogens is 214 g/mol. The number of nitrogens with zero attached hydrogens (tertiary/aromatic N) is 1. The van der Waals surface area contributed by atoms with Crippen LogP contribution in [0.2, 0.25) is 0 Å². The van der Waals surface area contributed by atoms with Crippen molar-refractivity contribution in [2.24, 2.45) is 0 Å². The predicted molar refractivity (Wildman–Crippen MR) is 68.4 cm³/mol. The molecule has 17 heavy (non-hydrogen) atoms. The molecule has 1 aliphatic carbocycles. The summed E-state index contributed by atoms with van der Waals surface area (Å²) in [4.78, 5) is 14.0. The fraction of sp³-hybridized carbons (Fsp3) is 0.786. The van der Waals surface area contributed by atoms with E-state index in [1.54, 1.807) is 0 Å². The average Bonchev–Trinajstić information content (AvgIpc) is 2.27. The van der Waals surface area contributed by atoms with Crippen LogP contribution in [0.25, 0.3) is 0 Å².